The Morgan fingerprint density at radius 3 is 2.16 bits per heavy atom. The van der Waals surface area contributed by atoms with E-state index in [0.29, 0.717) is 29.9 Å². The maximum absolute atomic E-state index is 11.7. The van der Waals surface area contributed by atoms with E-state index in [1.165, 1.54) is 0 Å². The number of carbonyl (C=O) groups is 2. The third-order valence-corrected chi connectivity index (χ3v) is 4.43. The molecule has 5 nitrogen and oxygen atoms in total. The molecule has 2 aromatic rings. The number of ether oxygens (including phenoxy) is 1. The van der Waals surface area contributed by atoms with Gasteiger partial charge in [-0.05, 0) is 41.7 Å². The summed E-state index contributed by atoms with van der Waals surface area (Å²) in [7, 11) is 0. The molecule has 0 amide bonds. The molecule has 2 rings (SSSR count). The second-order valence-corrected chi connectivity index (χ2v) is 5.82. The zero-order chi connectivity index (χ0) is 18.4. The summed E-state index contributed by atoms with van der Waals surface area (Å²) >= 11 is 0. The predicted octanol–water partition coefficient (Wildman–Crippen LogP) is 3.65. The summed E-state index contributed by atoms with van der Waals surface area (Å²) in [5.74, 6) is -2.12. The first-order valence-corrected chi connectivity index (χ1v) is 8.22. The van der Waals surface area contributed by atoms with E-state index in [0.717, 1.165) is 5.56 Å². The van der Waals surface area contributed by atoms with Crippen molar-refractivity contribution >= 4 is 11.9 Å². The van der Waals surface area contributed by atoms with E-state index in [9.17, 15) is 19.8 Å². The summed E-state index contributed by atoms with van der Waals surface area (Å²) in [6.07, 6.45) is 0.481. The average molecular weight is 342 g/mol. The van der Waals surface area contributed by atoms with Crippen molar-refractivity contribution in [3.63, 3.8) is 0 Å². The molecule has 0 saturated carbocycles. The third kappa shape index (κ3) is 3.65. The Bertz CT molecular complexity index is 738. The van der Waals surface area contributed by atoms with Crippen LogP contribution in [0.1, 0.15) is 37.0 Å². The normalized spacial score (nSPS) is 11.1. The maximum atomic E-state index is 11.7. The summed E-state index contributed by atoms with van der Waals surface area (Å²) in [5.41, 5.74) is 0.0499. The van der Waals surface area contributed by atoms with Gasteiger partial charge in [-0.15, -0.1) is 0 Å². The first kappa shape index (κ1) is 18.5. The second-order valence-electron chi connectivity index (χ2n) is 5.82. The third-order valence-electron chi connectivity index (χ3n) is 4.43. The maximum Gasteiger partial charge on any atom is 0.325 e. The van der Waals surface area contributed by atoms with E-state index in [1.807, 2.05) is 37.3 Å². The smallest absolute Gasteiger partial charge is 0.325 e. The van der Waals surface area contributed by atoms with Crippen LogP contribution >= 0.6 is 0 Å². The number of aryl methyl sites for hydroxylation is 1. The molecule has 0 bridgehead atoms. The Labute approximate surface area is 146 Å². The molecule has 0 fully saturated rings. The highest BCUT2D eigenvalue weighted by Gasteiger charge is 2.47. The molecule has 0 atom stereocenters. The van der Waals surface area contributed by atoms with Gasteiger partial charge in [-0.25, -0.2) is 0 Å². The van der Waals surface area contributed by atoms with Gasteiger partial charge < -0.3 is 14.9 Å². The lowest BCUT2D eigenvalue weighted by Crippen LogP contribution is -2.44. The van der Waals surface area contributed by atoms with Crippen LogP contribution in [0.2, 0.25) is 0 Å². The molecule has 0 heterocycles. The highest BCUT2D eigenvalue weighted by Crippen LogP contribution is 2.34. The summed E-state index contributed by atoms with van der Waals surface area (Å²) in [6, 6.07) is 14.6. The number of hydrogen-bond donors (Lipinski definition) is 2. The van der Waals surface area contributed by atoms with Gasteiger partial charge in [0.1, 0.15) is 12.4 Å². The molecule has 0 aliphatic carbocycles. The van der Waals surface area contributed by atoms with Crippen molar-refractivity contribution in [3.05, 3.63) is 65.2 Å². The lowest BCUT2D eigenvalue weighted by atomic mass is 9.75. The van der Waals surface area contributed by atoms with Crippen LogP contribution in [-0.2, 0) is 28.0 Å². The molecular formula is C20H22O5. The van der Waals surface area contributed by atoms with Gasteiger partial charge in [0.2, 0.25) is 0 Å². The molecule has 0 radical (unpaired) electrons. The molecule has 0 aliphatic heterocycles. The predicted molar refractivity (Wildman–Crippen MR) is 93.8 cm³/mol. The topological polar surface area (TPSA) is 83.8 Å². The van der Waals surface area contributed by atoms with Crippen LogP contribution < -0.4 is 4.74 Å². The Balaban J connectivity index is 2.35. The molecule has 132 valence electrons. The molecule has 0 unspecified atom stereocenters. The summed E-state index contributed by atoms with van der Waals surface area (Å²) in [6.45, 7) is 3.82. The molecule has 0 aliphatic rings. The van der Waals surface area contributed by atoms with E-state index in [4.69, 9.17) is 4.74 Å². The molecule has 0 spiro atoms. The highest BCUT2D eigenvalue weighted by atomic mass is 16.5. The summed E-state index contributed by atoms with van der Waals surface area (Å²) in [5, 5.41) is 19.2. The van der Waals surface area contributed by atoms with Crippen LogP contribution in [0.15, 0.2) is 48.5 Å². The molecular weight excluding hydrogens is 320 g/mol. The average Bonchev–Trinajstić information content (AvgIpc) is 2.62. The Morgan fingerprint density at radius 1 is 1.00 bits per heavy atom. The second kappa shape index (κ2) is 7.83. The summed E-state index contributed by atoms with van der Waals surface area (Å²) in [4.78, 5) is 23.5. The molecule has 0 saturated heterocycles. The van der Waals surface area contributed by atoms with Crippen molar-refractivity contribution in [2.24, 2.45) is 0 Å². The van der Waals surface area contributed by atoms with E-state index in [2.05, 4.69) is 0 Å². The Morgan fingerprint density at radius 2 is 1.64 bits per heavy atom. The van der Waals surface area contributed by atoms with Gasteiger partial charge in [0, 0.05) is 0 Å². The van der Waals surface area contributed by atoms with Gasteiger partial charge >= 0.3 is 11.9 Å². The zero-order valence-corrected chi connectivity index (χ0v) is 14.4. The van der Waals surface area contributed by atoms with Gasteiger partial charge in [0.25, 0.3) is 0 Å². The standard InChI is InChI=1S/C20H22O5/c1-3-15-12-16(25-13-14-8-6-5-7-9-14)10-11-17(15)20(4-2,18(21)22)19(23)24/h5-12H,3-4,13H2,1-2H3,(H,21,22)(H,23,24). The van der Waals surface area contributed by atoms with Crippen LogP contribution in [-0.4, -0.2) is 22.2 Å². The van der Waals surface area contributed by atoms with Crippen molar-refractivity contribution in [1.29, 1.82) is 0 Å². The minimum absolute atomic E-state index is 0.0329. The lowest BCUT2D eigenvalue weighted by molar-refractivity contribution is -0.157. The number of benzene rings is 2. The van der Waals surface area contributed by atoms with Crippen molar-refractivity contribution in [3.8, 4) is 5.75 Å². The van der Waals surface area contributed by atoms with Crippen molar-refractivity contribution in [2.75, 3.05) is 0 Å². The minimum atomic E-state index is -1.94. The van der Waals surface area contributed by atoms with Crippen molar-refractivity contribution in [1.82, 2.24) is 0 Å². The monoisotopic (exact) mass is 342 g/mol. The molecule has 2 aromatic carbocycles. The largest absolute Gasteiger partial charge is 0.489 e. The molecule has 0 aromatic heterocycles. The number of rotatable bonds is 8. The van der Waals surface area contributed by atoms with Crippen LogP contribution in [0.3, 0.4) is 0 Å². The van der Waals surface area contributed by atoms with E-state index < -0.39 is 17.4 Å². The van der Waals surface area contributed by atoms with Crippen molar-refractivity contribution in [2.45, 2.75) is 38.7 Å². The fourth-order valence-corrected chi connectivity index (χ4v) is 2.92. The Kier molecular flexibility index (Phi) is 5.80. The highest BCUT2D eigenvalue weighted by molar-refractivity contribution is 6.05. The molecule has 5 heteroatoms. The van der Waals surface area contributed by atoms with Crippen LogP contribution in [0, 0.1) is 0 Å². The lowest BCUT2D eigenvalue weighted by Gasteiger charge is -2.26. The first-order valence-electron chi connectivity index (χ1n) is 8.22. The van der Waals surface area contributed by atoms with E-state index in [1.54, 1.807) is 25.1 Å². The van der Waals surface area contributed by atoms with Crippen LogP contribution in [0.25, 0.3) is 0 Å². The van der Waals surface area contributed by atoms with Gasteiger partial charge in [0.15, 0.2) is 5.41 Å². The Hall–Kier alpha value is -2.82. The fourth-order valence-electron chi connectivity index (χ4n) is 2.92. The number of carboxylic acid groups (broad SMARTS) is 2. The minimum Gasteiger partial charge on any atom is -0.489 e. The van der Waals surface area contributed by atoms with E-state index >= 15 is 0 Å². The van der Waals surface area contributed by atoms with Gasteiger partial charge in [0.05, 0.1) is 0 Å². The van der Waals surface area contributed by atoms with Gasteiger partial charge in [-0.1, -0.05) is 50.2 Å². The van der Waals surface area contributed by atoms with Crippen LogP contribution in [0.5, 0.6) is 5.75 Å². The number of aliphatic carboxylic acids is 2. The quantitative estimate of drug-likeness (QED) is 0.716. The zero-order valence-electron chi connectivity index (χ0n) is 14.4. The molecule has 25 heavy (non-hydrogen) atoms. The van der Waals surface area contributed by atoms with Gasteiger partial charge in [-0.3, -0.25) is 9.59 Å². The van der Waals surface area contributed by atoms with Crippen LogP contribution in [0.4, 0.5) is 0 Å². The fraction of sp³-hybridized carbons (Fsp3) is 0.300. The number of hydrogen-bond acceptors (Lipinski definition) is 3. The van der Waals surface area contributed by atoms with Crippen molar-refractivity contribution < 1.29 is 24.5 Å². The number of carboxylic acids is 2. The SMILES string of the molecule is CCc1cc(OCc2ccccc2)ccc1C(CC)(C(=O)O)C(=O)O. The van der Waals surface area contributed by atoms with Gasteiger partial charge in [-0.2, -0.15) is 0 Å². The van der Waals surface area contributed by atoms with E-state index in [-0.39, 0.29) is 6.42 Å². The first-order chi connectivity index (χ1) is 12.0. The summed E-state index contributed by atoms with van der Waals surface area (Å²) < 4.78 is 5.76. The molecule has 2 N–H and O–H groups in total.